The molecule has 2 rings (SSSR count). The van der Waals surface area contributed by atoms with Crippen LogP contribution in [0.3, 0.4) is 0 Å². The second kappa shape index (κ2) is 6.58. The minimum absolute atomic E-state index is 0.0124. The molecule has 0 aromatic heterocycles. The average Bonchev–Trinajstić information content (AvgIpc) is 2.67. The van der Waals surface area contributed by atoms with Crippen molar-refractivity contribution >= 4 is 11.9 Å². The van der Waals surface area contributed by atoms with Crippen molar-refractivity contribution in [3.63, 3.8) is 0 Å². The minimum atomic E-state index is -0.941. The molecule has 3 amide bonds. The molecule has 0 unspecified atom stereocenters. The lowest BCUT2D eigenvalue weighted by atomic mass is 10.0. The number of aliphatic hydroxyl groups excluding tert-OH is 1. The van der Waals surface area contributed by atoms with Crippen LogP contribution in [0.5, 0.6) is 5.75 Å². The highest BCUT2D eigenvalue weighted by Crippen LogP contribution is 2.19. The van der Waals surface area contributed by atoms with Gasteiger partial charge in [0.25, 0.3) is 5.91 Å². The number of amides is 3. The molecule has 1 aliphatic heterocycles. The van der Waals surface area contributed by atoms with Crippen molar-refractivity contribution in [3.8, 4) is 5.75 Å². The number of benzene rings is 1. The van der Waals surface area contributed by atoms with Gasteiger partial charge in [-0.2, -0.15) is 0 Å². The Bertz CT molecular complexity index is 581. The number of imide groups is 1. The fourth-order valence-electron chi connectivity index (χ4n) is 2.39. The van der Waals surface area contributed by atoms with Crippen LogP contribution in [-0.4, -0.2) is 46.7 Å². The molecule has 1 saturated heterocycles. The van der Waals surface area contributed by atoms with Gasteiger partial charge >= 0.3 is 6.03 Å². The number of ether oxygens (including phenoxy) is 1. The monoisotopic (exact) mass is 320 g/mol. The van der Waals surface area contributed by atoms with Crippen molar-refractivity contribution in [2.24, 2.45) is 0 Å². The van der Waals surface area contributed by atoms with Gasteiger partial charge in [-0.1, -0.05) is 26.0 Å². The molecule has 6 nitrogen and oxygen atoms in total. The highest BCUT2D eigenvalue weighted by atomic mass is 16.5. The van der Waals surface area contributed by atoms with E-state index in [1.54, 1.807) is 13.8 Å². The van der Waals surface area contributed by atoms with Gasteiger partial charge in [-0.05, 0) is 37.5 Å². The van der Waals surface area contributed by atoms with Crippen LogP contribution in [0.15, 0.2) is 24.3 Å². The van der Waals surface area contributed by atoms with Gasteiger partial charge in [0.2, 0.25) is 0 Å². The molecule has 126 valence electrons. The molecular formula is C17H24N2O4. The Labute approximate surface area is 136 Å². The van der Waals surface area contributed by atoms with Crippen LogP contribution in [0.25, 0.3) is 0 Å². The van der Waals surface area contributed by atoms with Gasteiger partial charge in [-0.15, -0.1) is 0 Å². The lowest BCUT2D eigenvalue weighted by molar-refractivity contribution is -0.131. The van der Waals surface area contributed by atoms with E-state index in [4.69, 9.17) is 4.74 Å². The normalized spacial score (nSPS) is 18.3. The molecule has 1 aromatic carbocycles. The fourth-order valence-corrected chi connectivity index (χ4v) is 2.39. The molecule has 0 spiro atoms. The van der Waals surface area contributed by atoms with Gasteiger partial charge in [0.1, 0.15) is 24.0 Å². The number of carbonyl (C=O) groups excluding carboxylic acids is 2. The first kappa shape index (κ1) is 17.3. The molecular weight excluding hydrogens is 296 g/mol. The first-order valence-electron chi connectivity index (χ1n) is 7.75. The lowest BCUT2D eigenvalue weighted by Crippen LogP contribution is -2.42. The van der Waals surface area contributed by atoms with Crippen molar-refractivity contribution < 1.29 is 19.4 Å². The zero-order valence-electron chi connectivity index (χ0n) is 14.0. The Balaban J connectivity index is 1.87. The Morgan fingerprint density at radius 2 is 1.83 bits per heavy atom. The Morgan fingerprint density at radius 3 is 2.30 bits per heavy atom. The fraction of sp³-hybridized carbons (Fsp3) is 0.529. The SMILES string of the molecule is CC(C)c1ccc(OC[C@@H](O)CN2C(=O)NC(C)(C)C2=O)cc1. The molecule has 6 heteroatoms. The van der Waals surface area contributed by atoms with Crippen LogP contribution in [-0.2, 0) is 4.79 Å². The number of carbonyl (C=O) groups is 2. The number of hydrogen-bond donors (Lipinski definition) is 2. The van der Waals surface area contributed by atoms with Crippen LogP contribution in [0.4, 0.5) is 4.79 Å². The van der Waals surface area contributed by atoms with Crippen molar-refractivity contribution in [2.45, 2.75) is 45.3 Å². The molecule has 0 bridgehead atoms. The standard InChI is InChI=1S/C17H24N2O4/c1-11(2)12-5-7-14(8-6-12)23-10-13(20)9-19-15(21)17(3,4)18-16(19)22/h5-8,11,13,20H,9-10H2,1-4H3,(H,18,22)/t13-/m0/s1. The number of urea groups is 1. The number of rotatable bonds is 6. The third-order valence-electron chi connectivity index (χ3n) is 3.83. The van der Waals surface area contributed by atoms with E-state index in [-0.39, 0.29) is 19.1 Å². The van der Waals surface area contributed by atoms with Gasteiger partial charge < -0.3 is 15.2 Å². The summed E-state index contributed by atoms with van der Waals surface area (Å²) in [5.41, 5.74) is 0.282. The van der Waals surface area contributed by atoms with E-state index in [2.05, 4.69) is 19.2 Å². The maximum Gasteiger partial charge on any atom is 0.325 e. The Morgan fingerprint density at radius 1 is 1.22 bits per heavy atom. The lowest BCUT2D eigenvalue weighted by Gasteiger charge is -2.19. The highest BCUT2D eigenvalue weighted by Gasteiger charge is 2.44. The van der Waals surface area contributed by atoms with Crippen molar-refractivity contribution in [2.75, 3.05) is 13.2 Å². The summed E-state index contributed by atoms with van der Waals surface area (Å²) in [6.45, 7) is 7.41. The number of β-amino-alcohol motifs (C(OH)–C–C–N with tert-alkyl or cyclic N) is 1. The second-order valence-electron chi connectivity index (χ2n) is 6.66. The summed E-state index contributed by atoms with van der Waals surface area (Å²) in [7, 11) is 0. The summed E-state index contributed by atoms with van der Waals surface area (Å²) < 4.78 is 5.52. The quantitative estimate of drug-likeness (QED) is 0.785. The summed E-state index contributed by atoms with van der Waals surface area (Å²) in [6, 6.07) is 7.16. The summed E-state index contributed by atoms with van der Waals surface area (Å²) in [4.78, 5) is 24.8. The molecule has 0 saturated carbocycles. The second-order valence-corrected chi connectivity index (χ2v) is 6.66. The Hall–Kier alpha value is -2.08. The topological polar surface area (TPSA) is 78.9 Å². The van der Waals surface area contributed by atoms with Crippen LogP contribution in [0, 0.1) is 0 Å². The zero-order chi connectivity index (χ0) is 17.2. The number of nitrogens with zero attached hydrogens (tertiary/aromatic N) is 1. The van der Waals surface area contributed by atoms with E-state index in [9.17, 15) is 14.7 Å². The van der Waals surface area contributed by atoms with Gasteiger partial charge in [0.05, 0.1) is 6.54 Å². The Kier molecular flexibility index (Phi) is 4.94. The third-order valence-corrected chi connectivity index (χ3v) is 3.83. The molecule has 1 fully saturated rings. The van der Waals surface area contributed by atoms with Crippen LogP contribution in [0.2, 0.25) is 0 Å². The highest BCUT2D eigenvalue weighted by molar-refractivity contribution is 6.06. The first-order chi connectivity index (χ1) is 10.7. The predicted octanol–water partition coefficient (Wildman–Crippen LogP) is 1.88. The van der Waals surface area contributed by atoms with Crippen molar-refractivity contribution in [1.82, 2.24) is 10.2 Å². The maximum absolute atomic E-state index is 12.0. The van der Waals surface area contributed by atoms with Gasteiger partial charge in [0, 0.05) is 0 Å². The predicted molar refractivity (Wildman–Crippen MR) is 86.4 cm³/mol. The summed E-state index contributed by atoms with van der Waals surface area (Å²) >= 11 is 0. The van der Waals surface area contributed by atoms with Crippen LogP contribution < -0.4 is 10.1 Å². The number of hydrogen-bond acceptors (Lipinski definition) is 4. The van der Waals surface area contributed by atoms with Gasteiger partial charge in [0.15, 0.2) is 0 Å². The molecule has 1 heterocycles. The number of nitrogens with one attached hydrogen (secondary N) is 1. The van der Waals surface area contributed by atoms with E-state index in [0.717, 1.165) is 4.90 Å². The molecule has 0 aliphatic carbocycles. The summed E-state index contributed by atoms with van der Waals surface area (Å²) in [6.07, 6.45) is -0.941. The molecule has 2 N–H and O–H groups in total. The van der Waals surface area contributed by atoms with E-state index in [1.165, 1.54) is 5.56 Å². The number of aliphatic hydroxyl groups is 1. The van der Waals surface area contributed by atoms with Crippen molar-refractivity contribution in [3.05, 3.63) is 29.8 Å². The molecule has 1 aromatic rings. The average molecular weight is 320 g/mol. The van der Waals surface area contributed by atoms with E-state index in [0.29, 0.717) is 11.7 Å². The van der Waals surface area contributed by atoms with E-state index >= 15 is 0 Å². The van der Waals surface area contributed by atoms with Crippen LogP contribution in [0.1, 0.15) is 39.2 Å². The molecule has 0 radical (unpaired) electrons. The third kappa shape index (κ3) is 4.01. The summed E-state index contributed by atoms with van der Waals surface area (Å²) in [5, 5.41) is 12.6. The van der Waals surface area contributed by atoms with E-state index < -0.39 is 17.7 Å². The van der Waals surface area contributed by atoms with Gasteiger partial charge in [-0.3, -0.25) is 9.69 Å². The van der Waals surface area contributed by atoms with Crippen molar-refractivity contribution in [1.29, 1.82) is 0 Å². The van der Waals surface area contributed by atoms with E-state index in [1.807, 2.05) is 24.3 Å². The smallest absolute Gasteiger partial charge is 0.325 e. The first-order valence-corrected chi connectivity index (χ1v) is 7.75. The zero-order valence-corrected chi connectivity index (χ0v) is 14.0. The molecule has 23 heavy (non-hydrogen) atoms. The minimum Gasteiger partial charge on any atom is -0.491 e. The molecule has 1 aliphatic rings. The van der Waals surface area contributed by atoms with Crippen LogP contribution >= 0.6 is 0 Å². The molecule has 1 atom stereocenters. The largest absolute Gasteiger partial charge is 0.491 e. The maximum atomic E-state index is 12.0. The van der Waals surface area contributed by atoms with Gasteiger partial charge in [-0.25, -0.2) is 4.79 Å². The summed E-state index contributed by atoms with van der Waals surface area (Å²) in [5.74, 6) is 0.742.